The fourth-order valence-electron chi connectivity index (χ4n) is 3.91. The minimum Gasteiger partial charge on any atom is -0.507 e. The molecule has 1 aliphatic heterocycles. The molecule has 3 rings (SSSR count). The van der Waals surface area contributed by atoms with Gasteiger partial charge >= 0.3 is 0 Å². The summed E-state index contributed by atoms with van der Waals surface area (Å²) >= 11 is 0. The molecule has 2 aromatic carbocycles. The number of benzene rings is 2. The van der Waals surface area contributed by atoms with Gasteiger partial charge in [-0.05, 0) is 57.0 Å². The van der Waals surface area contributed by atoms with Crippen LogP contribution in [0.25, 0.3) is 5.76 Å². The first kappa shape index (κ1) is 25.1. The number of likely N-dealkylation sites (tertiary alicyclic amines) is 1. The second kappa shape index (κ2) is 11.1. The zero-order valence-electron chi connectivity index (χ0n) is 19.9. The van der Waals surface area contributed by atoms with E-state index >= 15 is 0 Å². The molecular weight excluding hydrogens is 438 g/mol. The number of hydrogen-bond acceptors (Lipinski definition) is 7. The van der Waals surface area contributed by atoms with Crippen LogP contribution in [-0.4, -0.2) is 59.8 Å². The van der Waals surface area contributed by atoms with Crippen LogP contribution >= 0.6 is 0 Å². The number of ether oxygens (including phenoxy) is 3. The average Bonchev–Trinajstić information content (AvgIpc) is 3.07. The van der Waals surface area contributed by atoms with Gasteiger partial charge in [0.05, 0.1) is 31.4 Å². The summed E-state index contributed by atoms with van der Waals surface area (Å²) in [6.07, 6.45) is 0.558. The lowest BCUT2D eigenvalue weighted by molar-refractivity contribution is -0.140. The minimum absolute atomic E-state index is 0.0313. The monoisotopic (exact) mass is 469 g/mol. The largest absolute Gasteiger partial charge is 0.507 e. The molecule has 1 heterocycles. The number of methoxy groups -OCH3 is 1. The molecule has 0 saturated carbocycles. The van der Waals surface area contributed by atoms with Gasteiger partial charge in [-0.1, -0.05) is 18.2 Å². The van der Waals surface area contributed by atoms with E-state index in [1.54, 1.807) is 43.3 Å². The van der Waals surface area contributed by atoms with E-state index in [4.69, 9.17) is 14.2 Å². The fourth-order valence-corrected chi connectivity index (χ4v) is 3.91. The van der Waals surface area contributed by atoms with E-state index < -0.39 is 17.7 Å². The van der Waals surface area contributed by atoms with Crippen LogP contribution in [0.2, 0.25) is 0 Å². The van der Waals surface area contributed by atoms with E-state index in [2.05, 4.69) is 0 Å². The second-order valence-corrected chi connectivity index (χ2v) is 8.16. The maximum atomic E-state index is 13.1. The highest BCUT2D eigenvalue weighted by molar-refractivity contribution is 6.46. The Balaban J connectivity index is 2.09. The number of aromatic hydroxyl groups is 1. The number of nitrogens with zero attached hydrogens (tertiary/aromatic N) is 1. The molecule has 2 aromatic rings. The number of Topliss-reactive ketones (excluding diaryl/α,β-unsaturated/α-hetero) is 1. The number of aliphatic hydroxyl groups excluding tert-OH is 1. The van der Waals surface area contributed by atoms with Gasteiger partial charge in [-0.3, -0.25) is 9.59 Å². The lowest BCUT2D eigenvalue weighted by atomic mass is 9.95. The van der Waals surface area contributed by atoms with Gasteiger partial charge in [0.1, 0.15) is 11.5 Å². The van der Waals surface area contributed by atoms with Crippen molar-refractivity contribution in [3.63, 3.8) is 0 Å². The number of hydrogen-bond donors (Lipinski definition) is 2. The van der Waals surface area contributed by atoms with Crippen LogP contribution in [0, 0.1) is 0 Å². The van der Waals surface area contributed by atoms with Crippen LogP contribution in [0.3, 0.4) is 0 Å². The summed E-state index contributed by atoms with van der Waals surface area (Å²) in [4.78, 5) is 27.6. The van der Waals surface area contributed by atoms with E-state index in [0.717, 1.165) is 0 Å². The summed E-state index contributed by atoms with van der Waals surface area (Å²) < 4.78 is 16.3. The maximum absolute atomic E-state index is 13.1. The van der Waals surface area contributed by atoms with Crippen LogP contribution in [0.1, 0.15) is 44.4 Å². The summed E-state index contributed by atoms with van der Waals surface area (Å²) in [6, 6.07) is 10.4. The van der Waals surface area contributed by atoms with Gasteiger partial charge in [0.2, 0.25) is 0 Å². The van der Waals surface area contributed by atoms with Crippen LogP contribution in [-0.2, 0) is 14.3 Å². The molecular formula is C26H31NO7. The summed E-state index contributed by atoms with van der Waals surface area (Å²) in [5.74, 6) is -1.10. The van der Waals surface area contributed by atoms with Gasteiger partial charge in [0.15, 0.2) is 11.5 Å². The average molecular weight is 470 g/mol. The third kappa shape index (κ3) is 5.34. The Labute approximate surface area is 199 Å². The molecule has 0 aliphatic carbocycles. The van der Waals surface area contributed by atoms with Crippen molar-refractivity contribution in [2.45, 2.75) is 39.3 Å². The number of carbonyl (C=O) groups is 2. The van der Waals surface area contributed by atoms with Crippen molar-refractivity contribution in [1.29, 1.82) is 0 Å². The van der Waals surface area contributed by atoms with Gasteiger partial charge in [0, 0.05) is 18.7 Å². The molecule has 34 heavy (non-hydrogen) atoms. The minimum atomic E-state index is -0.856. The van der Waals surface area contributed by atoms with Crippen molar-refractivity contribution < 1.29 is 34.0 Å². The van der Waals surface area contributed by atoms with Gasteiger partial charge in [-0.2, -0.15) is 0 Å². The van der Waals surface area contributed by atoms with Gasteiger partial charge in [-0.25, -0.2) is 0 Å². The quantitative estimate of drug-likeness (QED) is 0.234. The summed E-state index contributed by atoms with van der Waals surface area (Å²) in [6.45, 7) is 6.63. The third-order valence-electron chi connectivity index (χ3n) is 5.48. The molecule has 1 atom stereocenters. The van der Waals surface area contributed by atoms with Crippen molar-refractivity contribution in [1.82, 2.24) is 4.90 Å². The molecule has 1 aliphatic rings. The molecule has 0 spiro atoms. The highest BCUT2D eigenvalue weighted by Gasteiger charge is 2.46. The van der Waals surface area contributed by atoms with Gasteiger partial charge in [0.25, 0.3) is 11.7 Å². The number of aliphatic hydroxyl groups is 1. The standard InChI is InChI=1S/C26H31NO7/c1-5-33-21-15-17(10-11-20(21)28)23-22(24(29)18-8-6-9-19(14-18)32-4)25(30)26(31)27(23)12-7-13-34-16(2)3/h6,8-11,14-16,23,28-29H,5,7,12-13H2,1-4H3/t23-/m1/s1. The summed E-state index contributed by atoms with van der Waals surface area (Å²) in [7, 11) is 1.50. The molecule has 182 valence electrons. The van der Waals surface area contributed by atoms with Gasteiger partial charge < -0.3 is 29.3 Å². The number of carbonyl (C=O) groups excluding carboxylic acids is 2. The molecule has 8 heteroatoms. The lowest BCUT2D eigenvalue weighted by Gasteiger charge is -2.26. The van der Waals surface area contributed by atoms with Crippen molar-refractivity contribution in [3.05, 3.63) is 59.2 Å². The van der Waals surface area contributed by atoms with Crippen LogP contribution in [0.4, 0.5) is 0 Å². The van der Waals surface area contributed by atoms with E-state index in [1.165, 1.54) is 18.1 Å². The van der Waals surface area contributed by atoms with Crippen molar-refractivity contribution in [2.24, 2.45) is 0 Å². The topological polar surface area (TPSA) is 106 Å². The molecule has 8 nitrogen and oxygen atoms in total. The zero-order valence-corrected chi connectivity index (χ0v) is 19.9. The molecule has 0 radical (unpaired) electrons. The smallest absolute Gasteiger partial charge is 0.295 e. The number of rotatable bonds is 10. The predicted octanol–water partition coefficient (Wildman–Crippen LogP) is 4.04. The number of amides is 1. The Bertz CT molecular complexity index is 1080. The molecule has 1 saturated heterocycles. The normalized spacial score (nSPS) is 17.4. The fraction of sp³-hybridized carbons (Fsp3) is 0.385. The number of ketones is 1. The van der Waals surface area contributed by atoms with E-state index in [9.17, 15) is 19.8 Å². The Morgan fingerprint density at radius 2 is 1.91 bits per heavy atom. The lowest BCUT2D eigenvalue weighted by Crippen LogP contribution is -2.31. The van der Waals surface area contributed by atoms with E-state index in [0.29, 0.717) is 36.5 Å². The highest BCUT2D eigenvalue weighted by Crippen LogP contribution is 2.42. The summed E-state index contributed by atoms with van der Waals surface area (Å²) in [5, 5.41) is 21.3. The molecule has 1 fully saturated rings. The van der Waals surface area contributed by atoms with Crippen molar-refractivity contribution in [3.8, 4) is 17.2 Å². The Morgan fingerprint density at radius 3 is 2.59 bits per heavy atom. The van der Waals surface area contributed by atoms with Crippen LogP contribution in [0.15, 0.2) is 48.0 Å². The van der Waals surface area contributed by atoms with Crippen LogP contribution < -0.4 is 9.47 Å². The first-order chi connectivity index (χ1) is 16.3. The molecule has 2 N–H and O–H groups in total. The Kier molecular flexibility index (Phi) is 8.17. The van der Waals surface area contributed by atoms with Crippen molar-refractivity contribution >= 4 is 17.4 Å². The van der Waals surface area contributed by atoms with Gasteiger partial charge in [-0.15, -0.1) is 0 Å². The summed E-state index contributed by atoms with van der Waals surface area (Å²) in [5.41, 5.74) is 0.861. The zero-order chi connectivity index (χ0) is 24.8. The molecule has 0 bridgehead atoms. The molecule has 0 unspecified atom stereocenters. The first-order valence-electron chi connectivity index (χ1n) is 11.3. The Hall–Kier alpha value is -3.52. The predicted molar refractivity (Wildman–Crippen MR) is 127 cm³/mol. The Morgan fingerprint density at radius 1 is 1.15 bits per heavy atom. The van der Waals surface area contributed by atoms with E-state index in [1.807, 2.05) is 13.8 Å². The number of phenolic OH excluding ortho intramolecular Hbond substituents is 1. The van der Waals surface area contributed by atoms with Crippen LogP contribution in [0.5, 0.6) is 17.2 Å². The molecule has 0 aromatic heterocycles. The third-order valence-corrected chi connectivity index (χ3v) is 5.48. The molecule has 1 amide bonds. The SMILES string of the molecule is CCOc1cc([C@@H]2C(=C(O)c3cccc(OC)c3)C(=O)C(=O)N2CCCOC(C)C)ccc1O. The maximum Gasteiger partial charge on any atom is 0.295 e. The highest BCUT2D eigenvalue weighted by atomic mass is 16.5. The van der Waals surface area contributed by atoms with Crippen molar-refractivity contribution in [2.75, 3.05) is 26.9 Å². The number of phenols is 1. The first-order valence-corrected chi connectivity index (χ1v) is 11.3. The second-order valence-electron chi connectivity index (χ2n) is 8.16. The van der Waals surface area contributed by atoms with E-state index in [-0.39, 0.29) is 35.5 Å².